The third-order valence-electron chi connectivity index (χ3n) is 4.95. The van der Waals surface area contributed by atoms with E-state index in [1.54, 1.807) is 0 Å². The fourth-order valence-electron chi connectivity index (χ4n) is 3.06. The second-order valence-corrected chi connectivity index (χ2v) is 7.03. The number of hydrogen-bond donors (Lipinski definition) is 1. The Bertz CT molecular complexity index is 588. The van der Waals surface area contributed by atoms with Crippen molar-refractivity contribution in [3.05, 3.63) is 71.8 Å². The molecule has 1 N–H and O–H groups in total. The predicted octanol–water partition coefficient (Wildman–Crippen LogP) is 4.82. The Morgan fingerprint density at radius 1 is 0.885 bits per heavy atom. The maximum absolute atomic E-state index is 10.5. The fourth-order valence-corrected chi connectivity index (χ4v) is 3.06. The first-order valence-electron chi connectivity index (χ1n) is 9.73. The van der Waals surface area contributed by atoms with Gasteiger partial charge in [0.15, 0.2) is 0 Å². The van der Waals surface area contributed by atoms with Crippen molar-refractivity contribution >= 4 is 0 Å². The molecule has 0 radical (unpaired) electrons. The zero-order valence-electron chi connectivity index (χ0n) is 16.2. The van der Waals surface area contributed by atoms with Gasteiger partial charge in [-0.05, 0) is 44.5 Å². The molecule has 142 valence electrons. The van der Waals surface area contributed by atoms with Crippen LogP contribution >= 0.6 is 0 Å². The third-order valence-corrected chi connectivity index (χ3v) is 4.95. The summed E-state index contributed by atoms with van der Waals surface area (Å²) in [5.41, 5.74) is 2.22. The molecule has 0 spiro atoms. The van der Waals surface area contributed by atoms with Crippen LogP contribution in [0.3, 0.4) is 0 Å². The highest BCUT2D eigenvalue weighted by Gasteiger charge is 2.19. The van der Waals surface area contributed by atoms with Crippen LogP contribution in [0.1, 0.15) is 49.8 Å². The Morgan fingerprint density at radius 3 is 2.19 bits per heavy atom. The molecular weight excluding hydrogens is 322 g/mol. The van der Waals surface area contributed by atoms with Crippen molar-refractivity contribution in [3.8, 4) is 0 Å². The zero-order valence-corrected chi connectivity index (χ0v) is 16.2. The summed E-state index contributed by atoms with van der Waals surface area (Å²) in [7, 11) is 2.10. The largest absolute Gasteiger partial charge is 0.387 e. The van der Waals surface area contributed by atoms with Crippen LogP contribution in [0.2, 0.25) is 0 Å². The Labute approximate surface area is 158 Å². The summed E-state index contributed by atoms with van der Waals surface area (Å²) < 4.78 is 5.72. The van der Waals surface area contributed by atoms with Crippen molar-refractivity contribution in [2.75, 3.05) is 20.2 Å². The molecule has 0 fully saturated rings. The van der Waals surface area contributed by atoms with E-state index in [9.17, 15) is 5.11 Å². The van der Waals surface area contributed by atoms with E-state index in [0.717, 1.165) is 31.6 Å². The Morgan fingerprint density at radius 2 is 1.50 bits per heavy atom. The molecule has 26 heavy (non-hydrogen) atoms. The van der Waals surface area contributed by atoms with Crippen molar-refractivity contribution < 1.29 is 9.84 Å². The van der Waals surface area contributed by atoms with Crippen molar-refractivity contribution in [1.29, 1.82) is 0 Å². The van der Waals surface area contributed by atoms with Gasteiger partial charge in [0.1, 0.15) is 0 Å². The molecule has 0 bridgehead atoms. The van der Waals surface area contributed by atoms with E-state index in [0.29, 0.717) is 6.61 Å². The summed E-state index contributed by atoms with van der Waals surface area (Å²) in [5.74, 6) is 0. The molecule has 0 aromatic heterocycles. The van der Waals surface area contributed by atoms with E-state index in [2.05, 4.69) is 31.0 Å². The van der Waals surface area contributed by atoms with Crippen LogP contribution in [0, 0.1) is 0 Å². The topological polar surface area (TPSA) is 32.7 Å². The molecule has 0 aliphatic rings. The first-order chi connectivity index (χ1) is 12.7. The third kappa shape index (κ3) is 7.28. The summed E-state index contributed by atoms with van der Waals surface area (Å²) in [6, 6.07) is 20.4. The van der Waals surface area contributed by atoms with Gasteiger partial charge in [0, 0.05) is 12.6 Å². The summed E-state index contributed by atoms with van der Waals surface area (Å²) in [4.78, 5) is 2.25. The van der Waals surface area contributed by atoms with Gasteiger partial charge >= 0.3 is 0 Å². The van der Waals surface area contributed by atoms with Crippen molar-refractivity contribution in [3.63, 3.8) is 0 Å². The Balaban J connectivity index is 1.52. The smallest absolute Gasteiger partial charge is 0.0942 e. The number of nitrogens with zero attached hydrogens (tertiary/aromatic N) is 1. The van der Waals surface area contributed by atoms with Crippen LogP contribution < -0.4 is 0 Å². The average Bonchev–Trinajstić information content (AvgIpc) is 2.70. The highest BCUT2D eigenvalue weighted by atomic mass is 16.5. The molecule has 0 unspecified atom stereocenters. The van der Waals surface area contributed by atoms with E-state index in [1.165, 1.54) is 18.4 Å². The molecule has 0 heterocycles. The standard InChI is InChI=1S/C23H33NO2/c1-20(23(25)22-15-9-6-10-16-22)24(2)17-11-3-4-12-18-26-19-21-13-7-5-8-14-21/h5-10,13-16,20,23,25H,3-4,11-12,17-19H2,1-2H3/t20-,23-/m0/s1. The highest BCUT2D eigenvalue weighted by Crippen LogP contribution is 2.20. The van der Waals surface area contributed by atoms with Crippen LogP contribution in [0.5, 0.6) is 0 Å². The molecule has 2 atom stereocenters. The number of unbranched alkanes of at least 4 members (excludes halogenated alkanes) is 3. The lowest BCUT2D eigenvalue weighted by Crippen LogP contribution is -2.35. The first kappa shape index (κ1) is 20.6. The number of aliphatic hydroxyl groups is 1. The van der Waals surface area contributed by atoms with Gasteiger partial charge in [0.25, 0.3) is 0 Å². The van der Waals surface area contributed by atoms with E-state index in [1.807, 2.05) is 48.5 Å². The molecule has 0 aliphatic carbocycles. The normalized spacial score (nSPS) is 13.7. The minimum absolute atomic E-state index is 0.117. The highest BCUT2D eigenvalue weighted by molar-refractivity contribution is 5.18. The maximum atomic E-state index is 10.5. The lowest BCUT2D eigenvalue weighted by molar-refractivity contribution is 0.0714. The van der Waals surface area contributed by atoms with Gasteiger partial charge in [-0.25, -0.2) is 0 Å². The average molecular weight is 356 g/mol. The molecule has 0 amide bonds. The van der Waals surface area contributed by atoms with E-state index in [4.69, 9.17) is 4.74 Å². The monoisotopic (exact) mass is 355 g/mol. The second-order valence-electron chi connectivity index (χ2n) is 7.03. The molecule has 0 saturated carbocycles. The Kier molecular flexibility index (Phi) is 9.40. The van der Waals surface area contributed by atoms with Gasteiger partial charge in [0.05, 0.1) is 12.7 Å². The van der Waals surface area contributed by atoms with Crippen LogP contribution in [0.25, 0.3) is 0 Å². The molecule has 2 aromatic rings. The zero-order chi connectivity index (χ0) is 18.6. The molecule has 2 rings (SSSR count). The first-order valence-corrected chi connectivity index (χ1v) is 9.73. The van der Waals surface area contributed by atoms with Crippen molar-refractivity contribution in [2.24, 2.45) is 0 Å². The molecule has 3 heteroatoms. The summed E-state index contributed by atoms with van der Waals surface area (Å²) in [6.45, 7) is 4.64. The summed E-state index contributed by atoms with van der Waals surface area (Å²) >= 11 is 0. The Hall–Kier alpha value is -1.68. The molecule has 0 saturated heterocycles. The fraction of sp³-hybridized carbons (Fsp3) is 0.478. The van der Waals surface area contributed by atoms with Gasteiger partial charge in [-0.1, -0.05) is 73.5 Å². The maximum Gasteiger partial charge on any atom is 0.0942 e. The molecule has 2 aromatic carbocycles. The lowest BCUT2D eigenvalue weighted by atomic mass is 10.0. The van der Waals surface area contributed by atoms with Gasteiger partial charge in [-0.15, -0.1) is 0 Å². The summed E-state index contributed by atoms with van der Waals surface area (Å²) in [5, 5.41) is 10.5. The molecule has 0 aliphatic heterocycles. The number of rotatable bonds is 12. The van der Waals surface area contributed by atoms with E-state index in [-0.39, 0.29) is 6.04 Å². The van der Waals surface area contributed by atoms with E-state index >= 15 is 0 Å². The van der Waals surface area contributed by atoms with Gasteiger partial charge in [0.2, 0.25) is 0 Å². The predicted molar refractivity (Wildman–Crippen MR) is 108 cm³/mol. The number of aliphatic hydroxyl groups excluding tert-OH is 1. The quantitative estimate of drug-likeness (QED) is 0.554. The van der Waals surface area contributed by atoms with Crippen LogP contribution in [0.4, 0.5) is 0 Å². The van der Waals surface area contributed by atoms with Crippen molar-refractivity contribution in [1.82, 2.24) is 4.90 Å². The number of benzene rings is 2. The van der Waals surface area contributed by atoms with Gasteiger partial charge in [-0.2, -0.15) is 0 Å². The van der Waals surface area contributed by atoms with E-state index < -0.39 is 6.10 Å². The van der Waals surface area contributed by atoms with Crippen LogP contribution in [-0.4, -0.2) is 36.2 Å². The number of likely N-dealkylation sites (N-methyl/N-ethyl adjacent to an activating group) is 1. The minimum Gasteiger partial charge on any atom is -0.387 e. The van der Waals surface area contributed by atoms with Crippen molar-refractivity contribution in [2.45, 2.75) is 51.4 Å². The lowest BCUT2D eigenvalue weighted by Gasteiger charge is -2.29. The molecular formula is C23H33NO2. The number of hydrogen-bond acceptors (Lipinski definition) is 3. The van der Waals surface area contributed by atoms with Gasteiger partial charge in [-0.3, -0.25) is 0 Å². The second kappa shape index (κ2) is 11.8. The summed E-state index contributed by atoms with van der Waals surface area (Å²) in [6.07, 6.45) is 4.22. The SMILES string of the molecule is C[C@@H]([C@H](O)c1ccccc1)N(C)CCCCCCOCc1ccccc1. The minimum atomic E-state index is -0.437. The molecule has 3 nitrogen and oxygen atoms in total. The van der Waals surface area contributed by atoms with Crippen LogP contribution in [0.15, 0.2) is 60.7 Å². The van der Waals surface area contributed by atoms with Gasteiger partial charge < -0.3 is 14.7 Å². The van der Waals surface area contributed by atoms with Crippen LogP contribution in [-0.2, 0) is 11.3 Å². The number of ether oxygens (including phenoxy) is 1.